The predicted octanol–water partition coefficient (Wildman–Crippen LogP) is 2.38. The summed E-state index contributed by atoms with van der Waals surface area (Å²) in [5, 5.41) is 29.1. The van der Waals surface area contributed by atoms with Crippen LogP contribution in [0.1, 0.15) is 22.6 Å². The maximum absolute atomic E-state index is 10.0. The highest BCUT2D eigenvalue weighted by molar-refractivity contribution is 5.49. The van der Waals surface area contributed by atoms with E-state index < -0.39 is 0 Å². The molecular weight excluding hydrogens is 254 g/mol. The van der Waals surface area contributed by atoms with Crippen LogP contribution in [0.5, 0.6) is 17.2 Å². The number of likely N-dealkylation sites (N-methyl/N-ethyl adjacent to an activating group) is 1. The SMILES string of the molecule is CN1Cc2c(O)cccc2C(c2ccc(O)c(O)c2)C1. The third-order valence-corrected chi connectivity index (χ3v) is 3.89. The Bertz CT molecular complexity index is 654. The molecule has 1 aliphatic heterocycles. The van der Waals surface area contributed by atoms with Crippen LogP contribution in [-0.2, 0) is 6.54 Å². The summed E-state index contributed by atoms with van der Waals surface area (Å²) >= 11 is 0. The van der Waals surface area contributed by atoms with Crippen LogP contribution in [0.25, 0.3) is 0 Å². The molecule has 104 valence electrons. The Labute approximate surface area is 117 Å². The summed E-state index contributed by atoms with van der Waals surface area (Å²) < 4.78 is 0. The first-order valence-corrected chi connectivity index (χ1v) is 6.57. The number of phenols is 3. The standard InChI is InChI=1S/C16H17NO3/c1-17-8-12(10-5-6-15(19)16(20)7-10)11-3-2-4-14(18)13(11)9-17/h2-7,12,18-20H,8-9H2,1H3. The van der Waals surface area contributed by atoms with Gasteiger partial charge in [-0.2, -0.15) is 0 Å². The number of fused-ring (bicyclic) bond motifs is 1. The molecule has 2 aromatic carbocycles. The van der Waals surface area contributed by atoms with Crippen LogP contribution < -0.4 is 0 Å². The van der Waals surface area contributed by atoms with Crippen LogP contribution in [0.3, 0.4) is 0 Å². The van der Waals surface area contributed by atoms with Gasteiger partial charge in [0.2, 0.25) is 0 Å². The molecule has 0 bridgehead atoms. The molecule has 4 nitrogen and oxygen atoms in total. The summed E-state index contributed by atoms with van der Waals surface area (Å²) in [4.78, 5) is 2.14. The van der Waals surface area contributed by atoms with Crippen molar-refractivity contribution >= 4 is 0 Å². The van der Waals surface area contributed by atoms with Gasteiger partial charge in [-0.1, -0.05) is 18.2 Å². The van der Waals surface area contributed by atoms with Crippen LogP contribution in [0.4, 0.5) is 0 Å². The summed E-state index contributed by atoms with van der Waals surface area (Å²) in [6, 6.07) is 10.5. The van der Waals surface area contributed by atoms with Crippen molar-refractivity contribution < 1.29 is 15.3 Å². The lowest BCUT2D eigenvalue weighted by molar-refractivity contribution is 0.287. The molecule has 0 fully saturated rings. The van der Waals surface area contributed by atoms with E-state index in [4.69, 9.17) is 0 Å². The van der Waals surface area contributed by atoms with E-state index in [0.717, 1.165) is 23.2 Å². The second kappa shape index (κ2) is 4.72. The molecule has 1 atom stereocenters. The Hall–Kier alpha value is -2.20. The van der Waals surface area contributed by atoms with Gasteiger partial charge in [-0.15, -0.1) is 0 Å². The van der Waals surface area contributed by atoms with E-state index >= 15 is 0 Å². The number of rotatable bonds is 1. The largest absolute Gasteiger partial charge is 0.508 e. The average molecular weight is 271 g/mol. The molecule has 0 saturated heterocycles. The summed E-state index contributed by atoms with van der Waals surface area (Å²) in [5.74, 6) is 0.149. The van der Waals surface area contributed by atoms with Gasteiger partial charge < -0.3 is 20.2 Å². The van der Waals surface area contributed by atoms with Gasteiger partial charge >= 0.3 is 0 Å². The van der Waals surface area contributed by atoms with Gasteiger partial charge in [-0.25, -0.2) is 0 Å². The lowest BCUT2D eigenvalue weighted by Gasteiger charge is -2.33. The van der Waals surface area contributed by atoms with Crippen molar-refractivity contribution in [2.75, 3.05) is 13.6 Å². The molecule has 0 radical (unpaired) electrons. The Kier molecular flexibility index (Phi) is 3.03. The first kappa shape index (κ1) is 12.8. The quantitative estimate of drug-likeness (QED) is 0.697. The minimum absolute atomic E-state index is 0.0716. The highest BCUT2D eigenvalue weighted by atomic mass is 16.3. The summed E-state index contributed by atoms with van der Waals surface area (Å²) in [6.07, 6.45) is 0. The zero-order valence-electron chi connectivity index (χ0n) is 11.2. The molecule has 2 aromatic rings. The summed E-state index contributed by atoms with van der Waals surface area (Å²) in [5.41, 5.74) is 2.94. The summed E-state index contributed by atoms with van der Waals surface area (Å²) in [7, 11) is 2.00. The number of hydrogen-bond donors (Lipinski definition) is 3. The first-order chi connectivity index (χ1) is 9.56. The molecule has 0 saturated carbocycles. The van der Waals surface area contributed by atoms with Crippen LogP contribution in [0, 0.1) is 0 Å². The number of benzene rings is 2. The highest BCUT2D eigenvalue weighted by Gasteiger charge is 2.26. The van der Waals surface area contributed by atoms with Gasteiger partial charge in [-0.05, 0) is 36.4 Å². The molecular formula is C16H17NO3. The fourth-order valence-corrected chi connectivity index (χ4v) is 2.88. The first-order valence-electron chi connectivity index (χ1n) is 6.57. The minimum atomic E-state index is -0.117. The number of phenolic OH excluding ortho intramolecular Hbond substituents is 3. The molecule has 1 heterocycles. The van der Waals surface area contributed by atoms with Crippen molar-refractivity contribution in [3.8, 4) is 17.2 Å². The lowest BCUT2D eigenvalue weighted by atomic mass is 9.84. The molecule has 0 aromatic heterocycles. The summed E-state index contributed by atoms with van der Waals surface area (Å²) in [6.45, 7) is 1.52. The van der Waals surface area contributed by atoms with Crippen LogP contribution in [0.15, 0.2) is 36.4 Å². The Balaban J connectivity index is 2.11. The zero-order chi connectivity index (χ0) is 14.3. The predicted molar refractivity (Wildman–Crippen MR) is 76.1 cm³/mol. The maximum atomic E-state index is 10.0. The van der Waals surface area contributed by atoms with Crippen molar-refractivity contribution in [3.05, 3.63) is 53.1 Å². The molecule has 4 heteroatoms. The van der Waals surface area contributed by atoms with Crippen molar-refractivity contribution in [1.29, 1.82) is 0 Å². The van der Waals surface area contributed by atoms with E-state index in [9.17, 15) is 15.3 Å². The fourth-order valence-electron chi connectivity index (χ4n) is 2.88. The van der Waals surface area contributed by atoms with Gasteiger partial charge in [0.15, 0.2) is 11.5 Å². The third kappa shape index (κ3) is 2.08. The second-order valence-corrected chi connectivity index (χ2v) is 5.34. The van der Waals surface area contributed by atoms with Gasteiger partial charge in [0.05, 0.1) is 0 Å². The van der Waals surface area contributed by atoms with E-state index in [1.54, 1.807) is 12.1 Å². The normalized spacial score (nSPS) is 18.8. The van der Waals surface area contributed by atoms with E-state index in [0.29, 0.717) is 12.3 Å². The van der Waals surface area contributed by atoms with Crippen molar-refractivity contribution in [2.24, 2.45) is 0 Å². The Morgan fingerprint density at radius 1 is 1.00 bits per heavy atom. The molecule has 20 heavy (non-hydrogen) atoms. The van der Waals surface area contributed by atoms with E-state index in [-0.39, 0.29) is 17.4 Å². The van der Waals surface area contributed by atoms with Crippen LogP contribution >= 0.6 is 0 Å². The lowest BCUT2D eigenvalue weighted by Crippen LogP contribution is -2.30. The smallest absolute Gasteiger partial charge is 0.157 e. The van der Waals surface area contributed by atoms with Crippen molar-refractivity contribution in [1.82, 2.24) is 4.90 Å². The minimum Gasteiger partial charge on any atom is -0.508 e. The van der Waals surface area contributed by atoms with Crippen LogP contribution in [0.2, 0.25) is 0 Å². The fraction of sp³-hybridized carbons (Fsp3) is 0.250. The van der Waals surface area contributed by atoms with Gasteiger partial charge in [0, 0.05) is 24.6 Å². The number of aromatic hydroxyl groups is 3. The third-order valence-electron chi connectivity index (χ3n) is 3.89. The molecule has 3 N–H and O–H groups in total. The second-order valence-electron chi connectivity index (χ2n) is 5.34. The molecule has 0 amide bonds. The van der Waals surface area contributed by atoms with Gasteiger partial charge in [0.1, 0.15) is 5.75 Å². The Morgan fingerprint density at radius 3 is 2.55 bits per heavy atom. The van der Waals surface area contributed by atoms with Gasteiger partial charge in [-0.3, -0.25) is 0 Å². The zero-order valence-corrected chi connectivity index (χ0v) is 11.2. The number of hydrogen-bond acceptors (Lipinski definition) is 4. The molecule has 3 rings (SSSR count). The highest BCUT2D eigenvalue weighted by Crippen LogP contribution is 2.38. The van der Waals surface area contributed by atoms with Crippen molar-refractivity contribution in [3.63, 3.8) is 0 Å². The number of nitrogens with zero attached hydrogens (tertiary/aromatic N) is 1. The Morgan fingerprint density at radius 2 is 1.80 bits per heavy atom. The molecule has 0 aliphatic carbocycles. The molecule has 1 aliphatic rings. The van der Waals surface area contributed by atoms with Crippen molar-refractivity contribution in [2.45, 2.75) is 12.5 Å². The van der Waals surface area contributed by atoms with E-state index in [1.807, 2.05) is 25.2 Å². The van der Waals surface area contributed by atoms with Gasteiger partial charge in [0.25, 0.3) is 0 Å². The molecule has 1 unspecified atom stereocenters. The average Bonchev–Trinajstić information content (AvgIpc) is 2.42. The maximum Gasteiger partial charge on any atom is 0.157 e. The molecule has 0 spiro atoms. The topological polar surface area (TPSA) is 63.9 Å². The van der Waals surface area contributed by atoms with Crippen LogP contribution in [-0.4, -0.2) is 33.8 Å². The monoisotopic (exact) mass is 271 g/mol. The van der Waals surface area contributed by atoms with E-state index in [1.165, 1.54) is 6.07 Å². The van der Waals surface area contributed by atoms with E-state index in [2.05, 4.69) is 4.90 Å².